The number of nitrogens with one attached hydrogen (secondary N) is 1. The molecular weight excluding hydrogens is 360 g/mol. The zero-order valence-electron chi connectivity index (χ0n) is 12.3. The Morgan fingerprint density at radius 1 is 1.27 bits per heavy atom. The van der Waals surface area contributed by atoms with Crippen molar-refractivity contribution < 1.29 is 4.79 Å². The van der Waals surface area contributed by atoms with Gasteiger partial charge in [0, 0.05) is 21.5 Å². The molecule has 3 nitrogen and oxygen atoms in total. The smallest absolute Gasteiger partial charge is 0.251 e. The van der Waals surface area contributed by atoms with Crippen LogP contribution in [0.15, 0.2) is 46.3 Å². The maximum Gasteiger partial charge on any atom is 0.251 e. The van der Waals surface area contributed by atoms with E-state index in [1.54, 1.807) is 11.3 Å². The fourth-order valence-corrected chi connectivity index (χ4v) is 4.13. The van der Waals surface area contributed by atoms with E-state index in [0.717, 1.165) is 17.6 Å². The molecule has 1 aliphatic heterocycles. The lowest BCUT2D eigenvalue weighted by molar-refractivity contribution is 0.0938. The van der Waals surface area contributed by atoms with Crippen molar-refractivity contribution in [1.29, 1.82) is 0 Å². The summed E-state index contributed by atoms with van der Waals surface area (Å²) in [5.41, 5.74) is 0.695. The predicted molar refractivity (Wildman–Crippen MR) is 94.3 cm³/mol. The Hall–Kier alpha value is -1.17. The minimum Gasteiger partial charge on any atom is -0.350 e. The number of benzene rings is 1. The van der Waals surface area contributed by atoms with E-state index in [0.29, 0.717) is 18.2 Å². The molecule has 0 saturated carbocycles. The minimum absolute atomic E-state index is 0.0120. The predicted octanol–water partition coefficient (Wildman–Crippen LogP) is 4.08. The van der Waals surface area contributed by atoms with Crippen LogP contribution in [0.5, 0.6) is 0 Å². The van der Waals surface area contributed by atoms with Gasteiger partial charge in [-0.05, 0) is 55.6 Å². The monoisotopic (exact) mass is 378 g/mol. The summed E-state index contributed by atoms with van der Waals surface area (Å²) in [7, 11) is 0. The zero-order chi connectivity index (χ0) is 15.4. The molecule has 1 aliphatic rings. The SMILES string of the molecule is O=C(NC[C@H](c1cccs1)N1CCCC1)c1cccc(Br)c1. The third kappa shape index (κ3) is 3.77. The Bertz CT molecular complexity index is 623. The van der Waals surface area contributed by atoms with Crippen LogP contribution < -0.4 is 5.32 Å². The summed E-state index contributed by atoms with van der Waals surface area (Å²) in [6.07, 6.45) is 2.50. The van der Waals surface area contributed by atoms with E-state index in [9.17, 15) is 4.79 Å². The molecule has 0 radical (unpaired) electrons. The normalized spacial score (nSPS) is 16.6. The van der Waals surface area contributed by atoms with Crippen LogP contribution in [-0.2, 0) is 0 Å². The first-order valence-electron chi connectivity index (χ1n) is 7.55. The highest BCUT2D eigenvalue weighted by atomic mass is 79.9. The van der Waals surface area contributed by atoms with Gasteiger partial charge in [-0.1, -0.05) is 28.1 Å². The molecule has 1 aromatic heterocycles. The summed E-state index contributed by atoms with van der Waals surface area (Å²) >= 11 is 5.18. The number of nitrogens with zero attached hydrogens (tertiary/aromatic N) is 1. The van der Waals surface area contributed by atoms with E-state index in [1.165, 1.54) is 17.7 Å². The first-order chi connectivity index (χ1) is 10.7. The summed E-state index contributed by atoms with van der Waals surface area (Å²) < 4.78 is 0.925. The van der Waals surface area contributed by atoms with Crippen LogP contribution in [0.3, 0.4) is 0 Å². The second-order valence-electron chi connectivity index (χ2n) is 5.49. The Balaban J connectivity index is 1.67. The zero-order valence-corrected chi connectivity index (χ0v) is 14.7. The number of carbonyl (C=O) groups is 1. The van der Waals surface area contributed by atoms with Crippen molar-refractivity contribution in [1.82, 2.24) is 10.2 Å². The topological polar surface area (TPSA) is 32.3 Å². The molecule has 1 atom stereocenters. The average Bonchev–Trinajstić information content (AvgIpc) is 3.21. The fourth-order valence-electron chi connectivity index (χ4n) is 2.86. The van der Waals surface area contributed by atoms with Crippen LogP contribution >= 0.6 is 27.3 Å². The first kappa shape index (κ1) is 15.7. The lowest BCUT2D eigenvalue weighted by atomic mass is 10.2. The molecule has 5 heteroatoms. The molecule has 1 fully saturated rings. The maximum absolute atomic E-state index is 12.3. The van der Waals surface area contributed by atoms with Gasteiger partial charge in [0.2, 0.25) is 0 Å². The molecular formula is C17H19BrN2OS. The molecule has 0 unspecified atom stereocenters. The number of carbonyl (C=O) groups excluding carboxylic acids is 1. The van der Waals surface area contributed by atoms with Gasteiger partial charge in [0.05, 0.1) is 6.04 Å². The van der Waals surface area contributed by atoms with Crippen LogP contribution in [0.1, 0.15) is 34.1 Å². The summed E-state index contributed by atoms with van der Waals surface area (Å²) in [6.45, 7) is 2.90. The van der Waals surface area contributed by atoms with Crippen LogP contribution in [0.2, 0.25) is 0 Å². The van der Waals surface area contributed by atoms with Gasteiger partial charge in [-0.3, -0.25) is 9.69 Å². The summed E-state index contributed by atoms with van der Waals surface area (Å²) in [4.78, 5) is 16.1. The molecule has 1 N–H and O–H groups in total. The number of rotatable bonds is 5. The molecule has 1 saturated heterocycles. The highest BCUT2D eigenvalue weighted by Gasteiger charge is 2.24. The van der Waals surface area contributed by atoms with Gasteiger partial charge in [-0.25, -0.2) is 0 Å². The largest absolute Gasteiger partial charge is 0.350 e. The molecule has 2 aromatic rings. The Morgan fingerprint density at radius 2 is 2.09 bits per heavy atom. The number of halogens is 1. The molecule has 1 amide bonds. The molecule has 3 rings (SSSR count). The number of hydrogen-bond donors (Lipinski definition) is 1. The van der Waals surface area contributed by atoms with Gasteiger partial charge in [-0.15, -0.1) is 11.3 Å². The van der Waals surface area contributed by atoms with Gasteiger partial charge in [0.25, 0.3) is 5.91 Å². The molecule has 1 aromatic carbocycles. The van der Waals surface area contributed by atoms with E-state index < -0.39 is 0 Å². The second-order valence-corrected chi connectivity index (χ2v) is 7.39. The van der Waals surface area contributed by atoms with Gasteiger partial charge in [-0.2, -0.15) is 0 Å². The Labute approximate surface area is 143 Å². The van der Waals surface area contributed by atoms with Crippen LogP contribution in [0.4, 0.5) is 0 Å². The van der Waals surface area contributed by atoms with Crippen molar-refractivity contribution in [2.45, 2.75) is 18.9 Å². The number of hydrogen-bond acceptors (Lipinski definition) is 3. The quantitative estimate of drug-likeness (QED) is 0.849. The van der Waals surface area contributed by atoms with Gasteiger partial charge in [0.15, 0.2) is 0 Å². The van der Waals surface area contributed by atoms with E-state index in [2.05, 4.69) is 43.7 Å². The molecule has 0 aliphatic carbocycles. The minimum atomic E-state index is -0.0120. The third-order valence-corrected chi connectivity index (χ3v) is 5.46. The van der Waals surface area contributed by atoms with E-state index in [4.69, 9.17) is 0 Å². The summed E-state index contributed by atoms with van der Waals surface area (Å²) in [5.74, 6) is -0.0120. The number of likely N-dealkylation sites (tertiary alicyclic amines) is 1. The lowest BCUT2D eigenvalue weighted by Gasteiger charge is -2.26. The van der Waals surface area contributed by atoms with Crippen LogP contribution in [0, 0.1) is 0 Å². The van der Waals surface area contributed by atoms with Crippen molar-refractivity contribution in [3.05, 3.63) is 56.7 Å². The summed E-state index contributed by atoms with van der Waals surface area (Å²) in [5, 5.41) is 5.20. The van der Waals surface area contributed by atoms with Gasteiger partial charge in [0.1, 0.15) is 0 Å². The second kappa shape index (κ2) is 7.40. The fraction of sp³-hybridized carbons (Fsp3) is 0.353. The lowest BCUT2D eigenvalue weighted by Crippen LogP contribution is -2.36. The van der Waals surface area contributed by atoms with Crippen molar-refractivity contribution in [3.63, 3.8) is 0 Å². The van der Waals surface area contributed by atoms with Crippen LogP contribution in [0.25, 0.3) is 0 Å². The van der Waals surface area contributed by atoms with E-state index >= 15 is 0 Å². The van der Waals surface area contributed by atoms with Gasteiger partial charge >= 0.3 is 0 Å². The first-order valence-corrected chi connectivity index (χ1v) is 9.22. The standard InChI is InChI=1S/C17H19BrN2OS/c18-14-6-3-5-13(11-14)17(21)19-12-15(16-7-4-10-22-16)20-8-1-2-9-20/h3-7,10-11,15H,1-2,8-9,12H2,(H,19,21)/t15-/m1/s1. The van der Waals surface area contributed by atoms with Crippen molar-refractivity contribution >= 4 is 33.2 Å². The van der Waals surface area contributed by atoms with E-state index in [-0.39, 0.29) is 5.91 Å². The maximum atomic E-state index is 12.3. The highest BCUT2D eigenvalue weighted by Crippen LogP contribution is 2.27. The van der Waals surface area contributed by atoms with E-state index in [1.807, 2.05) is 24.3 Å². The number of thiophene rings is 1. The van der Waals surface area contributed by atoms with Crippen molar-refractivity contribution in [2.75, 3.05) is 19.6 Å². The number of amides is 1. The molecule has 0 bridgehead atoms. The summed E-state index contributed by atoms with van der Waals surface area (Å²) in [6, 6.07) is 12.0. The Kier molecular flexibility index (Phi) is 5.28. The van der Waals surface area contributed by atoms with Gasteiger partial charge < -0.3 is 5.32 Å². The molecule has 2 heterocycles. The molecule has 0 spiro atoms. The molecule has 22 heavy (non-hydrogen) atoms. The third-order valence-electron chi connectivity index (χ3n) is 4.00. The highest BCUT2D eigenvalue weighted by molar-refractivity contribution is 9.10. The average molecular weight is 379 g/mol. The molecule has 116 valence electrons. The van der Waals surface area contributed by atoms with Crippen molar-refractivity contribution in [2.24, 2.45) is 0 Å². The van der Waals surface area contributed by atoms with Crippen LogP contribution in [-0.4, -0.2) is 30.4 Å². The Morgan fingerprint density at radius 3 is 2.77 bits per heavy atom. The van der Waals surface area contributed by atoms with Crippen molar-refractivity contribution in [3.8, 4) is 0 Å².